The highest BCUT2D eigenvalue weighted by molar-refractivity contribution is 4.81. The molecule has 0 aromatic rings. The third-order valence-corrected chi connectivity index (χ3v) is 7.19. The summed E-state index contributed by atoms with van der Waals surface area (Å²) in [4.78, 5) is 0. The Hall–Kier alpha value is -0.300. The molecule has 0 aliphatic carbocycles. The number of allylic oxidation sites excluding steroid dienone is 2. The molecule has 1 aliphatic rings. The van der Waals surface area contributed by atoms with Gasteiger partial charge in [-0.15, -0.1) is 0 Å². The van der Waals surface area contributed by atoms with Gasteiger partial charge in [0.05, 0.1) is 12.7 Å². The quantitative estimate of drug-likeness (QED) is 0.0691. The van der Waals surface area contributed by atoms with Gasteiger partial charge in [0.2, 0.25) is 0 Å². The van der Waals surface area contributed by atoms with Crippen molar-refractivity contribution in [3.05, 3.63) is 12.2 Å². The Kier molecular flexibility index (Phi) is 23.5. The molecule has 0 amide bonds. The molecule has 1 fully saturated rings. The maximum atomic E-state index is 5.26. The molecule has 1 heteroatoms. The Balaban J connectivity index is 1.62. The van der Waals surface area contributed by atoms with Crippen molar-refractivity contribution >= 4 is 0 Å². The van der Waals surface area contributed by atoms with Crippen molar-refractivity contribution in [2.24, 2.45) is 0 Å². The number of ether oxygens (including phenoxy) is 1. The van der Waals surface area contributed by atoms with Crippen molar-refractivity contribution in [3.8, 4) is 0 Å². The molecule has 190 valence electrons. The van der Waals surface area contributed by atoms with Crippen LogP contribution in [0.1, 0.15) is 174 Å². The van der Waals surface area contributed by atoms with Gasteiger partial charge in [0, 0.05) is 0 Å². The van der Waals surface area contributed by atoms with Crippen LogP contribution in [0.25, 0.3) is 0 Å². The fourth-order valence-electron chi connectivity index (χ4n) is 4.80. The molecule has 0 spiro atoms. The molecule has 0 aromatic heterocycles. The minimum Gasteiger partial charge on any atom is -0.373 e. The van der Waals surface area contributed by atoms with Crippen LogP contribution in [0.4, 0.5) is 0 Å². The number of hydrogen-bond donors (Lipinski definition) is 0. The molecule has 1 nitrogen and oxygen atoms in total. The Morgan fingerprint density at radius 3 is 1.12 bits per heavy atom. The van der Waals surface area contributed by atoms with Gasteiger partial charge < -0.3 is 4.74 Å². The normalized spacial score (nSPS) is 15.7. The van der Waals surface area contributed by atoms with Gasteiger partial charge >= 0.3 is 0 Å². The van der Waals surface area contributed by atoms with E-state index in [1.807, 2.05) is 0 Å². The molecular weight excluding hydrogens is 388 g/mol. The highest BCUT2D eigenvalue weighted by atomic mass is 16.6. The molecule has 1 heterocycles. The summed E-state index contributed by atoms with van der Waals surface area (Å²) >= 11 is 0. The van der Waals surface area contributed by atoms with Crippen molar-refractivity contribution in [2.45, 2.75) is 180 Å². The van der Waals surface area contributed by atoms with Crippen LogP contribution in [0.5, 0.6) is 0 Å². The first-order valence-corrected chi connectivity index (χ1v) is 15.2. The Bertz CT molecular complexity index is 371. The molecule has 1 aliphatic heterocycles. The largest absolute Gasteiger partial charge is 0.373 e. The zero-order valence-electron chi connectivity index (χ0n) is 22.2. The summed E-state index contributed by atoms with van der Waals surface area (Å²) in [6.07, 6.45) is 42.7. The van der Waals surface area contributed by atoms with Gasteiger partial charge in [-0.05, 0) is 32.1 Å². The number of unbranched alkanes of at least 4 members (excludes halogenated alkanes) is 23. The maximum Gasteiger partial charge on any atom is 0.0810 e. The minimum absolute atomic E-state index is 0.636. The topological polar surface area (TPSA) is 12.5 Å². The molecule has 1 unspecified atom stereocenters. The predicted molar refractivity (Wildman–Crippen MR) is 145 cm³/mol. The van der Waals surface area contributed by atoms with Crippen molar-refractivity contribution in [1.29, 1.82) is 0 Å². The van der Waals surface area contributed by atoms with Gasteiger partial charge in [0.1, 0.15) is 0 Å². The first kappa shape index (κ1) is 29.7. The summed E-state index contributed by atoms with van der Waals surface area (Å²) in [6.45, 7) is 3.34. The first-order chi connectivity index (χ1) is 15.9. The molecule has 0 N–H and O–H groups in total. The first-order valence-electron chi connectivity index (χ1n) is 15.2. The number of hydrogen-bond acceptors (Lipinski definition) is 1. The summed E-state index contributed by atoms with van der Waals surface area (Å²) < 4.78 is 5.26. The van der Waals surface area contributed by atoms with Gasteiger partial charge in [0.15, 0.2) is 0 Å². The van der Waals surface area contributed by atoms with Gasteiger partial charge in [-0.1, -0.05) is 154 Å². The van der Waals surface area contributed by atoms with Crippen LogP contribution in [0.3, 0.4) is 0 Å². The van der Waals surface area contributed by atoms with Crippen LogP contribution in [0.15, 0.2) is 12.2 Å². The molecular formula is C31H60O. The Labute approximate surface area is 203 Å². The summed E-state index contributed by atoms with van der Waals surface area (Å²) in [5.74, 6) is 0. The maximum absolute atomic E-state index is 5.26. The van der Waals surface area contributed by atoms with E-state index in [4.69, 9.17) is 4.74 Å². The Morgan fingerprint density at radius 1 is 0.469 bits per heavy atom. The lowest BCUT2D eigenvalue weighted by atomic mass is 10.0. The van der Waals surface area contributed by atoms with E-state index in [0.29, 0.717) is 6.10 Å². The SMILES string of the molecule is CCCCCCCCCCCCCCCCCCCCC=CCCCCCCCC1CO1. The van der Waals surface area contributed by atoms with E-state index in [1.165, 1.54) is 167 Å². The van der Waals surface area contributed by atoms with Gasteiger partial charge in [-0.25, -0.2) is 0 Å². The molecule has 1 atom stereocenters. The van der Waals surface area contributed by atoms with Crippen molar-refractivity contribution in [3.63, 3.8) is 0 Å². The summed E-state index contributed by atoms with van der Waals surface area (Å²) in [6, 6.07) is 0. The highest BCUT2D eigenvalue weighted by Crippen LogP contribution is 2.18. The standard InChI is InChI=1S/C31H60O/c1-2-3-4-5-6-7-8-9-10-11-12-13-14-15-16-17-18-19-20-21-22-23-24-25-26-27-28-29-31-30-32-31/h21-22,31H,2-20,23-30H2,1H3. The monoisotopic (exact) mass is 448 g/mol. The van der Waals surface area contributed by atoms with E-state index >= 15 is 0 Å². The van der Waals surface area contributed by atoms with Crippen LogP contribution >= 0.6 is 0 Å². The van der Waals surface area contributed by atoms with Crippen molar-refractivity contribution in [1.82, 2.24) is 0 Å². The highest BCUT2D eigenvalue weighted by Gasteiger charge is 2.20. The smallest absolute Gasteiger partial charge is 0.0810 e. The van der Waals surface area contributed by atoms with E-state index < -0.39 is 0 Å². The minimum atomic E-state index is 0.636. The van der Waals surface area contributed by atoms with Crippen LogP contribution in [0, 0.1) is 0 Å². The summed E-state index contributed by atoms with van der Waals surface area (Å²) in [5.41, 5.74) is 0. The van der Waals surface area contributed by atoms with Crippen molar-refractivity contribution in [2.75, 3.05) is 6.61 Å². The zero-order chi connectivity index (χ0) is 22.8. The fourth-order valence-corrected chi connectivity index (χ4v) is 4.80. The molecule has 0 radical (unpaired) electrons. The number of epoxide rings is 1. The summed E-state index contributed by atoms with van der Waals surface area (Å²) in [7, 11) is 0. The molecule has 1 saturated heterocycles. The summed E-state index contributed by atoms with van der Waals surface area (Å²) in [5, 5.41) is 0. The van der Waals surface area contributed by atoms with Crippen LogP contribution in [-0.4, -0.2) is 12.7 Å². The zero-order valence-corrected chi connectivity index (χ0v) is 22.2. The van der Waals surface area contributed by atoms with Crippen LogP contribution < -0.4 is 0 Å². The van der Waals surface area contributed by atoms with E-state index in [2.05, 4.69) is 19.1 Å². The molecule has 32 heavy (non-hydrogen) atoms. The Morgan fingerprint density at radius 2 is 0.781 bits per heavy atom. The number of rotatable bonds is 27. The third-order valence-electron chi connectivity index (χ3n) is 7.19. The lowest BCUT2D eigenvalue weighted by Gasteiger charge is -2.03. The van der Waals surface area contributed by atoms with E-state index in [-0.39, 0.29) is 0 Å². The van der Waals surface area contributed by atoms with Gasteiger partial charge in [-0.2, -0.15) is 0 Å². The third kappa shape index (κ3) is 24.3. The van der Waals surface area contributed by atoms with Gasteiger partial charge in [-0.3, -0.25) is 0 Å². The molecule has 0 aromatic carbocycles. The second kappa shape index (κ2) is 25.3. The van der Waals surface area contributed by atoms with Crippen molar-refractivity contribution < 1.29 is 4.74 Å². The van der Waals surface area contributed by atoms with E-state index in [1.54, 1.807) is 0 Å². The average molecular weight is 449 g/mol. The van der Waals surface area contributed by atoms with Crippen LogP contribution in [0.2, 0.25) is 0 Å². The predicted octanol–water partition coefficient (Wildman–Crippen LogP) is 11.1. The second-order valence-corrected chi connectivity index (χ2v) is 10.6. The average Bonchev–Trinajstić information content (AvgIpc) is 3.63. The van der Waals surface area contributed by atoms with Gasteiger partial charge in [0.25, 0.3) is 0 Å². The molecule has 0 bridgehead atoms. The van der Waals surface area contributed by atoms with E-state index in [9.17, 15) is 0 Å². The van der Waals surface area contributed by atoms with Crippen LogP contribution in [-0.2, 0) is 4.74 Å². The lowest BCUT2D eigenvalue weighted by molar-refractivity contribution is 0.387. The second-order valence-electron chi connectivity index (χ2n) is 10.6. The molecule has 1 rings (SSSR count). The lowest BCUT2D eigenvalue weighted by Crippen LogP contribution is -1.85. The fraction of sp³-hybridized carbons (Fsp3) is 0.935. The molecule has 0 saturated carbocycles. The van der Waals surface area contributed by atoms with E-state index in [0.717, 1.165) is 6.61 Å².